The smallest absolute Gasteiger partial charge is 0.0433 e. The topological polar surface area (TPSA) is 26.0 Å². The van der Waals surface area contributed by atoms with Crippen molar-refractivity contribution in [2.45, 2.75) is 6.42 Å². The Morgan fingerprint density at radius 1 is 0.490 bits per heavy atom. The molecular weight excluding hydrogens is 611 g/mol. The zero-order valence-corrected chi connectivity index (χ0v) is 27.9. The van der Waals surface area contributed by atoms with E-state index in [4.69, 9.17) is 5.73 Å². The zero-order valence-electron chi connectivity index (χ0n) is 27.1. The lowest BCUT2D eigenvalue weighted by Gasteiger charge is -2.11. The lowest BCUT2D eigenvalue weighted by Crippen LogP contribution is -1.97. The molecule has 0 radical (unpaired) electrons. The summed E-state index contributed by atoms with van der Waals surface area (Å²) in [7, 11) is 0. The van der Waals surface area contributed by atoms with Gasteiger partial charge in [-0.15, -0.1) is 11.3 Å². The lowest BCUT2D eigenvalue weighted by atomic mass is 9.94. The Morgan fingerprint density at radius 2 is 1.08 bits per heavy atom. The molecule has 1 nitrogen and oxygen atoms in total. The number of allylic oxidation sites excluding steroid dienone is 3. The number of hydrogen-bond donors (Lipinski definition) is 1. The summed E-state index contributed by atoms with van der Waals surface area (Å²) in [5, 5.41) is 2.65. The molecule has 8 aromatic rings. The van der Waals surface area contributed by atoms with Gasteiger partial charge in [-0.25, -0.2) is 0 Å². The normalized spacial score (nSPS) is 12.1. The molecule has 2 heteroatoms. The van der Waals surface area contributed by atoms with Crippen molar-refractivity contribution in [3.8, 4) is 33.4 Å². The maximum absolute atomic E-state index is 6.64. The highest BCUT2D eigenvalue weighted by Gasteiger charge is 2.11. The van der Waals surface area contributed by atoms with Crippen molar-refractivity contribution < 1.29 is 0 Å². The van der Waals surface area contributed by atoms with Gasteiger partial charge in [-0.2, -0.15) is 0 Å². The van der Waals surface area contributed by atoms with Crippen LogP contribution in [0.15, 0.2) is 188 Å². The minimum Gasteiger partial charge on any atom is -0.398 e. The highest BCUT2D eigenvalue weighted by Crippen LogP contribution is 2.40. The number of nitrogens with two attached hydrogens (primary N) is 1. The summed E-state index contributed by atoms with van der Waals surface area (Å²) in [6.07, 6.45) is 5.20. The van der Waals surface area contributed by atoms with E-state index in [0.717, 1.165) is 28.8 Å². The SMILES string of the molecule is N/C(=C\C(=C/Cc1ccccc1)c1cccc(-c2ccc(-c3cccc(-c4cccc5c4sc4ccccc45)c3)cc2)c1)c1ccccc1. The van der Waals surface area contributed by atoms with Crippen LogP contribution in [0.2, 0.25) is 0 Å². The van der Waals surface area contributed by atoms with Crippen LogP contribution in [0.5, 0.6) is 0 Å². The predicted molar refractivity (Wildman–Crippen MR) is 212 cm³/mol. The van der Waals surface area contributed by atoms with E-state index in [2.05, 4.69) is 170 Å². The summed E-state index contributed by atoms with van der Waals surface area (Å²) in [6.45, 7) is 0. The predicted octanol–water partition coefficient (Wildman–Crippen LogP) is 12.7. The summed E-state index contributed by atoms with van der Waals surface area (Å²) in [6, 6.07) is 62.7. The highest BCUT2D eigenvalue weighted by atomic mass is 32.1. The molecule has 0 atom stereocenters. The molecule has 8 rings (SSSR count). The fourth-order valence-corrected chi connectivity index (χ4v) is 7.80. The van der Waals surface area contributed by atoms with Crippen molar-refractivity contribution >= 4 is 42.8 Å². The van der Waals surface area contributed by atoms with Crippen molar-refractivity contribution in [3.05, 3.63) is 205 Å². The second kappa shape index (κ2) is 13.6. The molecule has 0 amide bonds. The molecule has 7 aromatic carbocycles. The van der Waals surface area contributed by atoms with Crippen molar-refractivity contribution in [2.24, 2.45) is 5.73 Å². The Balaban J connectivity index is 1.10. The van der Waals surface area contributed by atoms with Gasteiger partial charge in [-0.05, 0) is 86.3 Å². The number of benzene rings is 7. The van der Waals surface area contributed by atoms with Gasteiger partial charge in [0.1, 0.15) is 0 Å². The van der Waals surface area contributed by atoms with Crippen LogP contribution in [-0.2, 0) is 6.42 Å². The fraction of sp³-hybridized carbons (Fsp3) is 0.0213. The Kier molecular flexibility index (Phi) is 8.46. The van der Waals surface area contributed by atoms with Gasteiger partial charge in [0, 0.05) is 25.9 Å². The molecule has 49 heavy (non-hydrogen) atoms. The molecule has 1 heterocycles. The Labute approximate surface area is 292 Å². The minimum absolute atomic E-state index is 0.750. The largest absolute Gasteiger partial charge is 0.398 e. The van der Waals surface area contributed by atoms with Crippen molar-refractivity contribution in [2.75, 3.05) is 0 Å². The van der Waals surface area contributed by atoms with Gasteiger partial charge in [-0.1, -0.05) is 164 Å². The summed E-state index contributed by atoms with van der Waals surface area (Å²) in [5.41, 5.74) is 19.2. The summed E-state index contributed by atoms with van der Waals surface area (Å²) >= 11 is 1.88. The molecule has 0 aliphatic carbocycles. The summed E-state index contributed by atoms with van der Waals surface area (Å²) in [5.74, 6) is 0. The van der Waals surface area contributed by atoms with Gasteiger partial charge < -0.3 is 5.73 Å². The van der Waals surface area contributed by atoms with Crippen LogP contribution in [0.1, 0.15) is 16.7 Å². The van der Waals surface area contributed by atoms with Crippen LogP contribution >= 0.6 is 11.3 Å². The van der Waals surface area contributed by atoms with Crippen molar-refractivity contribution in [3.63, 3.8) is 0 Å². The lowest BCUT2D eigenvalue weighted by molar-refractivity contribution is 1.27. The van der Waals surface area contributed by atoms with E-state index in [1.807, 2.05) is 29.5 Å². The molecule has 0 spiro atoms. The number of thiophene rings is 1. The molecule has 1 aromatic heterocycles. The van der Waals surface area contributed by atoms with E-state index in [9.17, 15) is 0 Å². The third kappa shape index (κ3) is 6.47. The van der Waals surface area contributed by atoms with Crippen LogP contribution < -0.4 is 5.73 Å². The first-order chi connectivity index (χ1) is 24.2. The van der Waals surface area contributed by atoms with Gasteiger partial charge in [0.2, 0.25) is 0 Å². The number of rotatable bonds is 8. The third-order valence-corrected chi connectivity index (χ3v) is 10.4. The molecule has 0 bridgehead atoms. The fourth-order valence-electron chi connectivity index (χ4n) is 6.56. The first kappa shape index (κ1) is 30.4. The molecular formula is C47H35NS. The molecule has 0 saturated carbocycles. The molecule has 0 fully saturated rings. The molecule has 0 aliphatic rings. The van der Waals surface area contributed by atoms with Gasteiger partial charge in [0.05, 0.1) is 0 Å². The van der Waals surface area contributed by atoms with Crippen LogP contribution in [0.25, 0.3) is 64.8 Å². The Morgan fingerprint density at radius 3 is 1.86 bits per heavy atom. The number of hydrogen-bond acceptors (Lipinski definition) is 2. The van der Waals surface area contributed by atoms with Crippen LogP contribution in [0.4, 0.5) is 0 Å². The van der Waals surface area contributed by atoms with Crippen molar-refractivity contribution in [1.29, 1.82) is 0 Å². The molecule has 0 unspecified atom stereocenters. The molecule has 2 N–H and O–H groups in total. The number of fused-ring (bicyclic) bond motifs is 3. The quantitative estimate of drug-likeness (QED) is 0.164. The second-order valence-electron chi connectivity index (χ2n) is 12.3. The van der Waals surface area contributed by atoms with Gasteiger partial charge in [0.15, 0.2) is 0 Å². The average molecular weight is 646 g/mol. The third-order valence-electron chi connectivity index (χ3n) is 9.14. The summed E-state index contributed by atoms with van der Waals surface area (Å²) in [4.78, 5) is 0. The molecule has 0 aliphatic heterocycles. The van der Waals surface area contributed by atoms with E-state index >= 15 is 0 Å². The highest BCUT2D eigenvalue weighted by molar-refractivity contribution is 7.26. The second-order valence-corrected chi connectivity index (χ2v) is 13.4. The van der Waals surface area contributed by atoms with Crippen molar-refractivity contribution in [1.82, 2.24) is 0 Å². The Hall–Kier alpha value is -5.96. The summed E-state index contributed by atoms with van der Waals surface area (Å²) < 4.78 is 2.67. The Bertz CT molecular complexity index is 2450. The van der Waals surface area contributed by atoms with E-state index in [1.165, 1.54) is 59.1 Å². The standard InChI is InChI=1S/C47H35NS/c48-45(36-14-5-2-6-15-36)32-40(25-24-33-12-3-1-4-13-33)39-18-9-16-37(30-39)34-26-28-35(29-27-34)38-17-10-19-41(31-38)42-21-11-22-44-43-20-7-8-23-46(43)49-47(42)44/h1-23,25-32H,24,48H2/b40-25+,45-32-. The van der Waals surface area contributed by atoms with Crippen LogP contribution in [0.3, 0.4) is 0 Å². The molecule has 234 valence electrons. The zero-order chi connectivity index (χ0) is 33.0. The maximum atomic E-state index is 6.64. The maximum Gasteiger partial charge on any atom is 0.0433 e. The first-order valence-electron chi connectivity index (χ1n) is 16.7. The van der Waals surface area contributed by atoms with E-state index < -0.39 is 0 Å². The van der Waals surface area contributed by atoms with E-state index in [-0.39, 0.29) is 0 Å². The van der Waals surface area contributed by atoms with E-state index in [1.54, 1.807) is 0 Å². The first-order valence-corrected chi connectivity index (χ1v) is 17.5. The van der Waals surface area contributed by atoms with Gasteiger partial charge >= 0.3 is 0 Å². The van der Waals surface area contributed by atoms with Crippen LogP contribution in [-0.4, -0.2) is 0 Å². The van der Waals surface area contributed by atoms with Crippen LogP contribution in [0, 0.1) is 0 Å². The van der Waals surface area contributed by atoms with Gasteiger partial charge in [-0.3, -0.25) is 0 Å². The average Bonchev–Trinajstić information content (AvgIpc) is 3.56. The van der Waals surface area contributed by atoms with Gasteiger partial charge in [0.25, 0.3) is 0 Å². The van der Waals surface area contributed by atoms with E-state index in [0.29, 0.717) is 0 Å². The minimum atomic E-state index is 0.750. The monoisotopic (exact) mass is 645 g/mol. The molecule has 0 saturated heterocycles.